The molecule has 0 N–H and O–H groups in total. The molecular weight excluding hydrogens is 383 g/mol. The highest BCUT2D eigenvalue weighted by molar-refractivity contribution is 7.09. The molecule has 3 rings (SSSR count). The summed E-state index contributed by atoms with van der Waals surface area (Å²) in [4.78, 5) is 18.9. The number of hydrogen-bond donors (Lipinski definition) is 0. The van der Waals surface area contributed by atoms with Crippen LogP contribution in [0.15, 0.2) is 53.9 Å². The summed E-state index contributed by atoms with van der Waals surface area (Å²) < 4.78 is 13.1. The zero-order valence-electron chi connectivity index (χ0n) is 15.2. The first-order valence-electron chi connectivity index (χ1n) is 8.61. The van der Waals surface area contributed by atoms with Crippen LogP contribution in [0.2, 0.25) is 5.02 Å². The number of carbonyl (C=O) groups excluding carboxylic acids is 1. The lowest BCUT2D eigenvalue weighted by molar-refractivity contribution is -0.131. The fourth-order valence-corrected chi connectivity index (χ4v) is 3.83. The number of nitrogens with zero attached hydrogens (tertiary/aromatic N) is 2. The van der Waals surface area contributed by atoms with Gasteiger partial charge in [0.05, 0.1) is 23.2 Å². The molecule has 1 atom stereocenters. The second kappa shape index (κ2) is 8.63. The maximum absolute atomic E-state index is 13.1. The molecule has 0 bridgehead atoms. The van der Waals surface area contributed by atoms with Crippen molar-refractivity contribution in [2.24, 2.45) is 0 Å². The standard InChI is InChI=1S/C21H20ClFN2OS/c1-14(16-6-8-18(23)9-7-16)25(2)21(26)12-19-13-27-20(24-19)11-15-4-3-5-17(22)10-15/h3-10,13-14H,11-12H2,1-2H3. The molecule has 27 heavy (non-hydrogen) atoms. The first kappa shape index (κ1) is 19.5. The molecule has 0 aliphatic rings. The predicted molar refractivity (Wildman–Crippen MR) is 108 cm³/mol. The van der Waals surface area contributed by atoms with Crippen LogP contribution < -0.4 is 0 Å². The highest BCUT2D eigenvalue weighted by Crippen LogP contribution is 2.21. The van der Waals surface area contributed by atoms with Crippen molar-refractivity contribution in [3.8, 4) is 0 Å². The summed E-state index contributed by atoms with van der Waals surface area (Å²) in [7, 11) is 1.76. The number of likely N-dealkylation sites (N-methyl/N-ethyl adjacent to an activating group) is 1. The van der Waals surface area contributed by atoms with Gasteiger partial charge in [0.2, 0.25) is 5.91 Å². The third-order valence-electron chi connectivity index (χ3n) is 4.50. The van der Waals surface area contributed by atoms with E-state index in [4.69, 9.17) is 11.6 Å². The van der Waals surface area contributed by atoms with Crippen LogP contribution in [0, 0.1) is 5.82 Å². The van der Waals surface area contributed by atoms with Gasteiger partial charge in [-0.1, -0.05) is 35.9 Å². The molecule has 1 heterocycles. The van der Waals surface area contributed by atoms with E-state index in [2.05, 4.69) is 4.98 Å². The molecule has 0 radical (unpaired) electrons. The lowest BCUT2D eigenvalue weighted by Crippen LogP contribution is -2.31. The number of benzene rings is 2. The summed E-state index contributed by atoms with van der Waals surface area (Å²) in [5.41, 5.74) is 2.75. The first-order chi connectivity index (χ1) is 12.9. The van der Waals surface area contributed by atoms with Crippen molar-refractivity contribution in [3.63, 3.8) is 0 Å². The van der Waals surface area contributed by atoms with Crippen molar-refractivity contribution in [2.45, 2.75) is 25.8 Å². The molecule has 0 saturated heterocycles. The van der Waals surface area contributed by atoms with E-state index in [1.54, 1.807) is 35.4 Å². The average molecular weight is 403 g/mol. The molecule has 1 aromatic heterocycles. The third-order valence-corrected chi connectivity index (χ3v) is 5.64. The molecule has 3 nitrogen and oxygen atoms in total. The summed E-state index contributed by atoms with van der Waals surface area (Å²) in [5.74, 6) is -0.305. The van der Waals surface area contributed by atoms with Crippen molar-refractivity contribution >= 4 is 28.8 Å². The fourth-order valence-electron chi connectivity index (χ4n) is 2.79. The Morgan fingerprint density at radius 1 is 1.26 bits per heavy atom. The Hall–Kier alpha value is -2.24. The van der Waals surface area contributed by atoms with Crippen LogP contribution >= 0.6 is 22.9 Å². The van der Waals surface area contributed by atoms with Gasteiger partial charge in [-0.25, -0.2) is 9.37 Å². The van der Waals surface area contributed by atoms with E-state index >= 15 is 0 Å². The lowest BCUT2D eigenvalue weighted by Gasteiger charge is -2.25. The number of rotatable bonds is 6. The Labute approximate surface area is 167 Å². The Morgan fingerprint density at radius 3 is 2.70 bits per heavy atom. The third kappa shape index (κ3) is 5.15. The fraction of sp³-hybridized carbons (Fsp3) is 0.238. The Morgan fingerprint density at radius 2 is 2.00 bits per heavy atom. The maximum Gasteiger partial charge on any atom is 0.228 e. The van der Waals surface area contributed by atoms with E-state index in [-0.39, 0.29) is 24.2 Å². The summed E-state index contributed by atoms with van der Waals surface area (Å²) >= 11 is 7.56. The van der Waals surface area contributed by atoms with Crippen LogP contribution in [-0.2, 0) is 17.6 Å². The van der Waals surface area contributed by atoms with Crippen LogP contribution in [-0.4, -0.2) is 22.8 Å². The van der Waals surface area contributed by atoms with Gasteiger partial charge in [-0.3, -0.25) is 4.79 Å². The molecule has 6 heteroatoms. The molecule has 2 aromatic carbocycles. The van der Waals surface area contributed by atoms with Crippen molar-refractivity contribution in [1.82, 2.24) is 9.88 Å². The number of thiazole rings is 1. The minimum absolute atomic E-state index is 0.0218. The second-order valence-electron chi connectivity index (χ2n) is 6.45. The smallest absolute Gasteiger partial charge is 0.228 e. The number of aromatic nitrogens is 1. The van der Waals surface area contributed by atoms with Gasteiger partial charge >= 0.3 is 0 Å². The average Bonchev–Trinajstić information content (AvgIpc) is 3.08. The van der Waals surface area contributed by atoms with Gasteiger partial charge in [0.25, 0.3) is 0 Å². The molecule has 0 aliphatic heterocycles. The summed E-state index contributed by atoms with van der Waals surface area (Å²) in [6, 6.07) is 13.8. The van der Waals surface area contributed by atoms with Gasteiger partial charge in [-0.2, -0.15) is 0 Å². The van der Waals surface area contributed by atoms with E-state index in [0.717, 1.165) is 21.8 Å². The Kier molecular flexibility index (Phi) is 6.24. The SMILES string of the molecule is CC(c1ccc(F)cc1)N(C)C(=O)Cc1csc(Cc2cccc(Cl)c2)n1. The van der Waals surface area contributed by atoms with E-state index < -0.39 is 0 Å². The van der Waals surface area contributed by atoms with Gasteiger partial charge in [-0.15, -0.1) is 11.3 Å². The van der Waals surface area contributed by atoms with Crippen molar-refractivity contribution < 1.29 is 9.18 Å². The quantitative estimate of drug-likeness (QED) is 0.561. The van der Waals surface area contributed by atoms with Gasteiger partial charge in [0, 0.05) is 23.9 Å². The Bertz CT molecular complexity index is 926. The largest absolute Gasteiger partial charge is 0.339 e. The number of carbonyl (C=O) groups is 1. The van der Waals surface area contributed by atoms with Crippen LogP contribution in [0.25, 0.3) is 0 Å². The number of halogens is 2. The van der Waals surface area contributed by atoms with Crippen LogP contribution in [0.3, 0.4) is 0 Å². The maximum atomic E-state index is 13.1. The van der Waals surface area contributed by atoms with E-state index in [1.807, 2.05) is 36.6 Å². The molecule has 140 valence electrons. The van der Waals surface area contributed by atoms with Crippen molar-refractivity contribution in [3.05, 3.63) is 86.6 Å². The topological polar surface area (TPSA) is 33.2 Å². The summed E-state index contributed by atoms with van der Waals surface area (Å²) in [6.07, 6.45) is 0.940. The molecule has 0 saturated carbocycles. The monoisotopic (exact) mass is 402 g/mol. The van der Waals surface area contributed by atoms with Crippen LogP contribution in [0.5, 0.6) is 0 Å². The van der Waals surface area contributed by atoms with E-state index in [9.17, 15) is 9.18 Å². The minimum Gasteiger partial charge on any atom is -0.339 e. The molecule has 0 spiro atoms. The minimum atomic E-state index is -0.283. The summed E-state index contributed by atoms with van der Waals surface area (Å²) in [5, 5.41) is 3.58. The molecule has 1 amide bonds. The second-order valence-corrected chi connectivity index (χ2v) is 7.83. The molecular formula is C21H20ClFN2OS. The first-order valence-corrected chi connectivity index (χ1v) is 9.87. The Balaban J connectivity index is 1.62. The van der Waals surface area contributed by atoms with Gasteiger partial charge in [0.1, 0.15) is 5.82 Å². The molecule has 1 unspecified atom stereocenters. The van der Waals surface area contributed by atoms with Gasteiger partial charge < -0.3 is 4.90 Å². The number of amides is 1. The highest BCUT2D eigenvalue weighted by Gasteiger charge is 2.19. The van der Waals surface area contributed by atoms with Crippen molar-refractivity contribution in [1.29, 1.82) is 0 Å². The summed E-state index contributed by atoms with van der Waals surface area (Å²) in [6.45, 7) is 1.93. The zero-order valence-corrected chi connectivity index (χ0v) is 16.7. The predicted octanol–water partition coefficient (Wildman–Crippen LogP) is 5.29. The molecule has 0 aliphatic carbocycles. The van der Waals surface area contributed by atoms with Crippen molar-refractivity contribution in [2.75, 3.05) is 7.05 Å². The van der Waals surface area contributed by atoms with Gasteiger partial charge in [-0.05, 0) is 42.3 Å². The zero-order chi connectivity index (χ0) is 19.4. The highest BCUT2D eigenvalue weighted by atomic mass is 35.5. The lowest BCUT2D eigenvalue weighted by atomic mass is 10.1. The number of hydrogen-bond acceptors (Lipinski definition) is 3. The van der Waals surface area contributed by atoms with E-state index in [0.29, 0.717) is 11.4 Å². The van der Waals surface area contributed by atoms with Crippen LogP contribution in [0.4, 0.5) is 4.39 Å². The van der Waals surface area contributed by atoms with Crippen LogP contribution in [0.1, 0.15) is 34.8 Å². The molecule has 3 aromatic rings. The normalized spacial score (nSPS) is 12.0. The molecule has 0 fully saturated rings. The van der Waals surface area contributed by atoms with E-state index in [1.165, 1.54) is 12.1 Å². The van der Waals surface area contributed by atoms with Gasteiger partial charge in [0.15, 0.2) is 0 Å².